The molecular formula is C17H23ClN6. The summed E-state index contributed by atoms with van der Waals surface area (Å²) in [6, 6.07) is 8.36. The second kappa shape index (κ2) is 7.66. The molecule has 3 rings (SSSR count). The van der Waals surface area contributed by atoms with E-state index in [9.17, 15) is 0 Å². The van der Waals surface area contributed by atoms with Crippen molar-refractivity contribution in [3.05, 3.63) is 35.5 Å². The van der Waals surface area contributed by atoms with Crippen molar-refractivity contribution < 1.29 is 0 Å². The van der Waals surface area contributed by atoms with Crippen molar-refractivity contribution in [1.82, 2.24) is 15.2 Å². The molecule has 2 aromatic rings. The van der Waals surface area contributed by atoms with Crippen molar-refractivity contribution >= 4 is 29.1 Å². The fourth-order valence-electron chi connectivity index (χ4n) is 2.69. The van der Waals surface area contributed by atoms with E-state index in [0.29, 0.717) is 12.0 Å². The predicted octanol–water partition coefficient (Wildman–Crippen LogP) is 3.06. The molecule has 2 heterocycles. The van der Waals surface area contributed by atoms with Crippen LogP contribution in [0.4, 0.5) is 17.5 Å². The van der Waals surface area contributed by atoms with Gasteiger partial charge in [-0.2, -0.15) is 10.1 Å². The average molecular weight is 347 g/mol. The zero-order valence-electron chi connectivity index (χ0n) is 14.1. The largest absolute Gasteiger partial charge is 0.368 e. The van der Waals surface area contributed by atoms with Crippen molar-refractivity contribution in [1.29, 1.82) is 0 Å². The molecule has 1 aromatic heterocycles. The van der Waals surface area contributed by atoms with E-state index >= 15 is 0 Å². The highest BCUT2D eigenvalue weighted by molar-refractivity contribution is 6.30. The first-order chi connectivity index (χ1) is 11.7. The molecule has 1 saturated heterocycles. The third kappa shape index (κ3) is 4.06. The van der Waals surface area contributed by atoms with Gasteiger partial charge in [0.05, 0.1) is 6.20 Å². The maximum Gasteiger partial charge on any atom is 0.247 e. The summed E-state index contributed by atoms with van der Waals surface area (Å²) >= 11 is 6.09. The Balaban J connectivity index is 1.63. The highest BCUT2D eigenvalue weighted by Crippen LogP contribution is 2.22. The maximum absolute atomic E-state index is 6.09. The number of nitrogens with one attached hydrogen (secondary N) is 1. The van der Waals surface area contributed by atoms with Crippen molar-refractivity contribution in [3.63, 3.8) is 0 Å². The highest BCUT2D eigenvalue weighted by Gasteiger charge is 2.20. The third-order valence-corrected chi connectivity index (χ3v) is 4.53. The monoisotopic (exact) mass is 346 g/mol. The molecule has 0 aliphatic carbocycles. The summed E-state index contributed by atoms with van der Waals surface area (Å²) in [5.41, 5.74) is 1.16. The molecular weight excluding hydrogens is 324 g/mol. The second-order valence-corrected chi connectivity index (χ2v) is 6.49. The predicted molar refractivity (Wildman–Crippen MR) is 99.1 cm³/mol. The minimum absolute atomic E-state index is 0.370. The van der Waals surface area contributed by atoms with Gasteiger partial charge >= 0.3 is 0 Å². The number of halogens is 1. The second-order valence-electron chi connectivity index (χ2n) is 6.05. The van der Waals surface area contributed by atoms with E-state index in [1.165, 1.54) is 0 Å². The molecule has 0 saturated carbocycles. The van der Waals surface area contributed by atoms with Crippen LogP contribution in [0.1, 0.15) is 20.3 Å². The lowest BCUT2D eigenvalue weighted by Crippen LogP contribution is -2.47. The summed E-state index contributed by atoms with van der Waals surface area (Å²) in [7, 11) is 0. The molecule has 0 radical (unpaired) electrons. The Morgan fingerprint density at radius 2 is 1.96 bits per heavy atom. The van der Waals surface area contributed by atoms with Gasteiger partial charge in [-0.1, -0.05) is 24.6 Å². The Kier molecular flexibility index (Phi) is 5.35. The van der Waals surface area contributed by atoms with Crippen LogP contribution in [-0.2, 0) is 0 Å². The van der Waals surface area contributed by atoms with E-state index in [4.69, 9.17) is 11.6 Å². The molecule has 1 fully saturated rings. The van der Waals surface area contributed by atoms with Gasteiger partial charge in [-0.05, 0) is 31.5 Å². The smallest absolute Gasteiger partial charge is 0.247 e. The average Bonchev–Trinajstić information content (AvgIpc) is 2.62. The Labute approximate surface area is 147 Å². The van der Waals surface area contributed by atoms with E-state index in [-0.39, 0.29) is 0 Å². The standard InChI is InChI=1S/C17H23ClN6/c1-3-13(2)20-16-12-19-22-17(21-16)24-9-7-23(8-10-24)15-6-4-5-14(18)11-15/h4-6,11-13H,3,7-10H2,1-2H3,(H,20,21,22). The summed E-state index contributed by atoms with van der Waals surface area (Å²) in [6.45, 7) is 7.81. The van der Waals surface area contributed by atoms with Crippen LogP contribution >= 0.6 is 11.6 Å². The van der Waals surface area contributed by atoms with Crippen molar-refractivity contribution in [3.8, 4) is 0 Å². The molecule has 24 heavy (non-hydrogen) atoms. The molecule has 7 heteroatoms. The van der Waals surface area contributed by atoms with Crippen molar-refractivity contribution in [2.24, 2.45) is 0 Å². The van der Waals surface area contributed by atoms with E-state index < -0.39 is 0 Å². The summed E-state index contributed by atoms with van der Waals surface area (Å²) in [6.07, 6.45) is 2.72. The van der Waals surface area contributed by atoms with Gasteiger partial charge in [-0.25, -0.2) is 0 Å². The molecule has 1 N–H and O–H groups in total. The Hall–Kier alpha value is -2.08. The minimum Gasteiger partial charge on any atom is -0.368 e. The Morgan fingerprint density at radius 1 is 1.21 bits per heavy atom. The Morgan fingerprint density at radius 3 is 2.67 bits per heavy atom. The molecule has 1 unspecified atom stereocenters. The molecule has 1 aromatic carbocycles. The van der Waals surface area contributed by atoms with Gasteiger partial charge in [0.1, 0.15) is 0 Å². The quantitative estimate of drug-likeness (QED) is 0.898. The summed E-state index contributed by atoms with van der Waals surface area (Å²) in [5, 5.41) is 12.4. The number of aromatic nitrogens is 3. The lowest BCUT2D eigenvalue weighted by molar-refractivity contribution is 0.634. The molecule has 0 amide bonds. The fraction of sp³-hybridized carbons (Fsp3) is 0.471. The highest BCUT2D eigenvalue weighted by atomic mass is 35.5. The lowest BCUT2D eigenvalue weighted by atomic mass is 10.2. The molecule has 1 aliphatic rings. The van der Waals surface area contributed by atoms with Crippen LogP contribution in [-0.4, -0.2) is 47.4 Å². The number of benzene rings is 1. The number of piperazine rings is 1. The van der Waals surface area contributed by atoms with E-state index in [2.05, 4.69) is 50.2 Å². The number of anilines is 3. The van der Waals surface area contributed by atoms with Crippen LogP contribution in [0.25, 0.3) is 0 Å². The first-order valence-corrected chi connectivity index (χ1v) is 8.75. The van der Waals surface area contributed by atoms with Gasteiger partial charge in [-0.3, -0.25) is 0 Å². The van der Waals surface area contributed by atoms with E-state index in [0.717, 1.165) is 49.1 Å². The minimum atomic E-state index is 0.370. The van der Waals surface area contributed by atoms with Crippen molar-refractivity contribution in [2.75, 3.05) is 41.3 Å². The van der Waals surface area contributed by atoms with Crippen molar-refractivity contribution in [2.45, 2.75) is 26.3 Å². The summed E-state index contributed by atoms with van der Waals surface area (Å²) in [5.74, 6) is 1.47. The zero-order chi connectivity index (χ0) is 16.9. The fourth-order valence-corrected chi connectivity index (χ4v) is 2.87. The molecule has 128 valence electrons. The summed E-state index contributed by atoms with van der Waals surface area (Å²) < 4.78 is 0. The Bertz CT molecular complexity index is 672. The van der Waals surface area contributed by atoms with Gasteiger partial charge in [0.15, 0.2) is 5.82 Å². The molecule has 0 spiro atoms. The first kappa shape index (κ1) is 16.8. The zero-order valence-corrected chi connectivity index (χ0v) is 14.9. The van der Waals surface area contributed by atoms with Gasteiger partial charge in [0.2, 0.25) is 5.95 Å². The molecule has 0 bridgehead atoms. The van der Waals surface area contributed by atoms with Crippen LogP contribution in [0.3, 0.4) is 0 Å². The summed E-state index contributed by atoms with van der Waals surface area (Å²) in [4.78, 5) is 9.10. The number of rotatable bonds is 5. The van der Waals surface area contributed by atoms with Gasteiger partial charge in [0.25, 0.3) is 0 Å². The topological polar surface area (TPSA) is 57.2 Å². The van der Waals surface area contributed by atoms with Gasteiger partial charge < -0.3 is 15.1 Å². The molecule has 6 nitrogen and oxygen atoms in total. The van der Waals surface area contributed by atoms with Gasteiger partial charge in [0, 0.05) is 42.9 Å². The number of nitrogens with zero attached hydrogens (tertiary/aromatic N) is 5. The van der Waals surface area contributed by atoms with E-state index in [1.54, 1.807) is 6.20 Å². The van der Waals surface area contributed by atoms with Crippen LogP contribution in [0.15, 0.2) is 30.5 Å². The first-order valence-electron chi connectivity index (χ1n) is 8.37. The van der Waals surface area contributed by atoms with Crippen LogP contribution in [0.5, 0.6) is 0 Å². The van der Waals surface area contributed by atoms with Gasteiger partial charge in [-0.15, -0.1) is 5.10 Å². The van der Waals surface area contributed by atoms with Crippen LogP contribution in [0, 0.1) is 0 Å². The maximum atomic E-state index is 6.09. The lowest BCUT2D eigenvalue weighted by Gasteiger charge is -2.36. The van der Waals surface area contributed by atoms with Crippen LogP contribution in [0.2, 0.25) is 5.02 Å². The normalized spacial score (nSPS) is 16.1. The SMILES string of the molecule is CCC(C)Nc1cnnc(N2CCN(c3cccc(Cl)c3)CC2)n1. The number of hydrogen-bond acceptors (Lipinski definition) is 6. The van der Waals surface area contributed by atoms with E-state index in [1.807, 2.05) is 18.2 Å². The molecule has 1 atom stereocenters. The molecule has 1 aliphatic heterocycles. The van der Waals surface area contributed by atoms with Crippen LogP contribution < -0.4 is 15.1 Å². The third-order valence-electron chi connectivity index (χ3n) is 4.29. The number of hydrogen-bond donors (Lipinski definition) is 1.